The van der Waals surface area contributed by atoms with E-state index in [1.807, 2.05) is 33.8 Å². The number of esters is 1. The van der Waals surface area contributed by atoms with E-state index in [0.29, 0.717) is 26.1 Å². The van der Waals surface area contributed by atoms with Gasteiger partial charge in [-0.25, -0.2) is 9.59 Å². The van der Waals surface area contributed by atoms with Crippen LogP contribution in [0, 0.1) is 0 Å². The number of ether oxygens (including phenoxy) is 7. The smallest absolute Gasteiger partial charge is 0.408 e. The lowest BCUT2D eigenvalue weighted by Crippen LogP contribution is -2.74. The number of alkyl halides is 2. The van der Waals surface area contributed by atoms with E-state index in [4.69, 9.17) is 28.4 Å². The number of rotatable bonds is 30. The van der Waals surface area contributed by atoms with E-state index >= 15 is 8.78 Å². The summed E-state index contributed by atoms with van der Waals surface area (Å²) >= 11 is 0. The van der Waals surface area contributed by atoms with E-state index < -0.39 is 71.9 Å². The van der Waals surface area contributed by atoms with E-state index in [1.54, 1.807) is 24.3 Å². The van der Waals surface area contributed by atoms with E-state index in [2.05, 4.69) is 20.7 Å². The fourth-order valence-corrected chi connectivity index (χ4v) is 6.43. The Balaban J connectivity index is 2.26. The fraction of sp³-hybridized carbons (Fsp3) is 0.767. The summed E-state index contributed by atoms with van der Waals surface area (Å²) in [6, 6.07) is 6.79. The molecule has 0 unspecified atom stereocenters. The fourth-order valence-electron chi connectivity index (χ4n) is 6.43. The molecule has 16 heteroatoms. The highest BCUT2D eigenvalue weighted by molar-refractivity contribution is 5.89. The molecule has 1 aliphatic heterocycles. The van der Waals surface area contributed by atoms with Crippen molar-refractivity contribution in [2.24, 2.45) is 0 Å². The average Bonchev–Trinajstić information content (AvgIpc) is 3.22. The number of alkyl carbamates (subject to hydrolysis) is 1. The van der Waals surface area contributed by atoms with Crippen molar-refractivity contribution in [3.8, 4) is 0 Å². The Hall–Kier alpha value is -3.44. The molecule has 1 fully saturated rings. The van der Waals surface area contributed by atoms with Crippen molar-refractivity contribution in [3.05, 3.63) is 35.9 Å². The largest absolute Gasteiger partial charge is 0.467 e. The Morgan fingerprint density at radius 1 is 0.814 bits per heavy atom. The van der Waals surface area contributed by atoms with Gasteiger partial charge in [0.25, 0.3) is 5.91 Å². The molecule has 0 radical (unpaired) electrons. The number of unbranched alkanes of at least 4 members (excludes halogenated alkanes) is 5. The van der Waals surface area contributed by atoms with Gasteiger partial charge in [-0.15, -0.1) is 0 Å². The third-order valence-electron chi connectivity index (χ3n) is 10.1. The molecule has 0 spiro atoms. The Labute approximate surface area is 349 Å². The minimum atomic E-state index is -4.11. The average molecular weight is 844 g/mol. The Morgan fingerprint density at radius 3 is 2.02 bits per heavy atom. The predicted molar refractivity (Wildman–Crippen MR) is 218 cm³/mol. The van der Waals surface area contributed by atoms with Gasteiger partial charge in [-0.1, -0.05) is 83.7 Å². The molecule has 0 aromatic heterocycles. The van der Waals surface area contributed by atoms with Gasteiger partial charge in [-0.2, -0.15) is 8.78 Å². The van der Waals surface area contributed by atoms with Gasteiger partial charge in [0.2, 0.25) is 5.91 Å². The van der Waals surface area contributed by atoms with Crippen molar-refractivity contribution in [1.82, 2.24) is 16.0 Å². The van der Waals surface area contributed by atoms with Gasteiger partial charge in [-0.3, -0.25) is 9.59 Å². The molecule has 0 bridgehead atoms. The van der Waals surface area contributed by atoms with Gasteiger partial charge >= 0.3 is 18.0 Å². The highest BCUT2D eigenvalue weighted by Crippen LogP contribution is 2.45. The van der Waals surface area contributed by atoms with Gasteiger partial charge in [-0.05, 0) is 64.4 Å². The molecular formula is C43H71F2N3O11. The van der Waals surface area contributed by atoms with Crippen LogP contribution in [0.5, 0.6) is 0 Å². The number of hydrogen-bond donors (Lipinski definition) is 3. The van der Waals surface area contributed by atoms with Crippen molar-refractivity contribution in [1.29, 1.82) is 0 Å². The number of amides is 3. The zero-order valence-corrected chi connectivity index (χ0v) is 36.3. The summed E-state index contributed by atoms with van der Waals surface area (Å²) < 4.78 is 74.8. The molecule has 3 amide bonds. The van der Waals surface area contributed by atoms with Crippen LogP contribution >= 0.6 is 0 Å². The highest BCUT2D eigenvalue weighted by Gasteiger charge is 2.68. The third-order valence-corrected chi connectivity index (χ3v) is 10.1. The lowest BCUT2D eigenvalue weighted by atomic mass is 9.80. The second kappa shape index (κ2) is 28.2. The van der Waals surface area contributed by atoms with Crippen molar-refractivity contribution < 1.29 is 61.1 Å². The molecule has 1 aromatic rings. The van der Waals surface area contributed by atoms with Gasteiger partial charge in [0, 0.05) is 33.0 Å². The van der Waals surface area contributed by atoms with Crippen molar-refractivity contribution in [2.45, 2.75) is 167 Å². The van der Waals surface area contributed by atoms with Crippen LogP contribution in [-0.2, 0) is 54.1 Å². The number of carbonyl (C=O) groups excluding carboxylic acids is 4. The number of methoxy groups -OCH3 is 1. The summed E-state index contributed by atoms with van der Waals surface area (Å²) in [5.41, 5.74) is -1.74. The Morgan fingerprint density at radius 2 is 1.41 bits per heavy atom. The van der Waals surface area contributed by atoms with E-state index in [0.717, 1.165) is 44.1 Å². The van der Waals surface area contributed by atoms with Gasteiger partial charge in [0.1, 0.15) is 43.1 Å². The molecule has 1 saturated heterocycles. The topological polar surface area (TPSA) is 169 Å². The summed E-state index contributed by atoms with van der Waals surface area (Å²) in [6.45, 7) is 11.6. The van der Waals surface area contributed by atoms with E-state index in [9.17, 15) is 19.2 Å². The number of carbonyl (C=O) groups is 4. The molecule has 3 N–H and O–H groups in total. The third kappa shape index (κ3) is 16.9. The first-order valence-corrected chi connectivity index (χ1v) is 21.4. The van der Waals surface area contributed by atoms with Crippen LogP contribution in [0.15, 0.2) is 30.3 Å². The second-order valence-corrected chi connectivity index (χ2v) is 15.1. The molecule has 1 aromatic carbocycles. The Kier molecular flexibility index (Phi) is 24.7. The molecule has 1 aliphatic rings. The lowest BCUT2D eigenvalue weighted by molar-refractivity contribution is -0.338. The first kappa shape index (κ1) is 51.7. The molecule has 7 atom stereocenters. The molecule has 338 valence electrons. The van der Waals surface area contributed by atoms with E-state index in [-0.39, 0.29) is 52.2 Å². The van der Waals surface area contributed by atoms with Gasteiger partial charge in [0.15, 0.2) is 5.60 Å². The molecule has 2 rings (SSSR count). The van der Waals surface area contributed by atoms with Crippen LogP contribution < -0.4 is 16.0 Å². The minimum Gasteiger partial charge on any atom is -0.467 e. The Bertz CT molecular complexity index is 1360. The maximum absolute atomic E-state index is 16.8. The van der Waals surface area contributed by atoms with Crippen LogP contribution in [0.1, 0.15) is 118 Å². The maximum Gasteiger partial charge on any atom is 0.408 e. The molecule has 0 saturated carbocycles. The zero-order chi connectivity index (χ0) is 43.7. The first-order chi connectivity index (χ1) is 28.3. The van der Waals surface area contributed by atoms with Gasteiger partial charge < -0.3 is 49.1 Å². The SMILES string of the molecule is CCCCOC[C@H]1O[C@@](C)(C(F)(F)C(=O)NCCCC[C@H](NC(=O)OCc2ccccc2)C(=O)N[C@@H](C)C(=O)OC)[C@H](OCCCC)[C@@H](OCCCC)[C@H]1OCCCC. The van der Waals surface area contributed by atoms with Crippen LogP contribution in [0.4, 0.5) is 13.6 Å². The molecular weight excluding hydrogens is 772 g/mol. The normalized spacial score (nSPS) is 21.6. The maximum atomic E-state index is 16.8. The van der Waals surface area contributed by atoms with Crippen LogP contribution in [0.25, 0.3) is 0 Å². The highest BCUT2D eigenvalue weighted by atomic mass is 19.3. The number of halogens is 2. The molecule has 14 nitrogen and oxygen atoms in total. The lowest BCUT2D eigenvalue weighted by Gasteiger charge is -2.53. The number of hydrogen-bond acceptors (Lipinski definition) is 11. The number of benzene rings is 1. The van der Waals surface area contributed by atoms with Gasteiger partial charge in [0.05, 0.1) is 13.7 Å². The predicted octanol–water partition coefficient (Wildman–Crippen LogP) is 6.41. The minimum absolute atomic E-state index is 0.0382. The standard InChI is InChI=1S/C43H71F2N3O11/c1-8-12-25-54-30-34-35(55-26-13-9-2)36(56-27-14-10-3)37(57-28-15-11-4)42(6,59-34)43(44,45)40(51)46-24-20-19-23-33(38(49)47-31(5)39(50)53-7)48-41(52)58-29-32-21-17-16-18-22-32/h16-18,21-22,31,33-37H,8-15,19-20,23-30H2,1-7H3,(H,46,51)(H,47,49)(H,48,52)/t31-,33-,34+,35-,36-,37+,42+/m0/s1. The zero-order valence-electron chi connectivity index (χ0n) is 36.3. The van der Waals surface area contributed by atoms with Crippen molar-refractivity contribution >= 4 is 23.9 Å². The molecule has 0 aliphatic carbocycles. The summed E-state index contributed by atoms with van der Waals surface area (Å²) in [6.07, 6.45) is 1.53. The molecule has 1 heterocycles. The monoisotopic (exact) mass is 844 g/mol. The first-order valence-electron chi connectivity index (χ1n) is 21.4. The quantitative estimate of drug-likeness (QED) is 0.0578. The summed E-state index contributed by atoms with van der Waals surface area (Å²) in [5.74, 6) is -7.03. The summed E-state index contributed by atoms with van der Waals surface area (Å²) in [7, 11) is 1.18. The van der Waals surface area contributed by atoms with Crippen molar-refractivity contribution in [2.75, 3.05) is 46.7 Å². The van der Waals surface area contributed by atoms with E-state index in [1.165, 1.54) is 21.0 Å². The second-order valence-electron chi connectivity index (χ2n) is 15.1. The molecule has 59 heavy (non-hydrogen) atoms. The van der Waals surface area contributed by atoms with Crippen molar-refractivity contribution in [3.63, 3.8) is 0 Å². The number of nitrogens with one attached hydrogen (secondary N) is 3. The summed E-state index contributed by atoms with van der Waals surface area (Å²) in [4.78, 5) is 51.4. The van der Waals surface area contributed by atoms with Crippen LogP contribution in [-0.4, -0.2) is 119 Å². The van der Waals surface area contributed by atoms with Crippen LogP contribution in [0.2, 0.25) is 0 Å². The van der Waals surface area contributed by atoms with Crippen LogP contribution in [0.3, 0.4) is 0 Å². The summed E-state index contributed by atoms with van der Waals surface area (Å²) in [5, 5.41) is 7.39.